The molecule has 0 aromatic carbocycles. The van der Waals surface area contributed by atoms with Crippen LogP contribution in [-0.2, 0) is 4.79 Å². The lowest BCUT2D eigenvalue weighted by atomic mass is 10.2. The molecule has 0 bridgehead atoms. The van der Waals surface area contributed by atoms with Gasteiger partial charge in [0.1, 0.15) is 11.1 Å². The summed E-state index contributed by atoms with van der Waals surface area (Å²) in [5.41, 5.74) is 0.536. The lowest BCUT2D eigenvalue weighted by Gasteiger charge is -2.33. The van der Waals surface area contributed by atoms with E-state index in [9.17, 15) is 4.79 Å². The van der Waals surface area contributed by atoms with Gasteiger partial charge in [-0.15, -0.1) is 11.3 Å². The summed E-state index contributed by atoms with van der Waals surface area (Å²) in [4.78, 5) is 14.2. The molecule has 0 spiro atoms. The van der Waals surface area contributed by atoms with Gasteiger partial charge in [0, 0.05) is 38.6 Å². The van der Waals surface area contributed by atoms with Crippen molar-refractivity contribution in [1.29, 1.82) is 5.26 Å². The summed E-state index contributed by atoms with van der Waals surface area (Å²) in [6.45, 7) is 5.87. The van der Waals surface area contributed by atoms with Gasteiger partial charge in [0.15, 0.2) is 0 Å². The second kappa shape index (κ2) is 6.66. The van der Waals surface area contributed by atoms with E-state index < -0.39 is 0 Å². The molecule has 2 N–H and O–H groups in total. The first-order chi connectivity index (χ1) is 9.20. The van der Waals surface area contributed by atoms with E-state index in [1.807, 2.05) is 5.38 Å². The van der Waals surface area contributed by atoms with Crippen LogP contribution in [0.25, 0.3) is 0 Å². The summed E-state index contributed by atoms with van der Waals surface area (Å²) in [6, 6.07) is 4.26. The van der Waals surface area contributed by atoms with E-state index >= 15 is 0 Å². The molecule has 0 aliphatic carbocycles. The number of amides is 1. The molecule has 1 saturated heterocycles. The monoisotopic (exact) mass is 278 g/mol. The zero-order chi connectivity index (χ0) is 13.7. The molecule has 2 rings (SSSR count). The quantitative estimate of drug-likeness (QED) is 0.869. The molecule has 1 aliphatic rings. The molecule has 19 heavy (non-hydrogen) atoms. The molecule has 102 valence electrons. The van der Waals surface area contributed by atoms with Crippen molar-refractivity contribution in [2.45, 2.75) is 19.4 Å². The molecule has 0 unspecified atom stereocenters. The summed E-state index contributed by atoms with van der Waals surface area (Å²) in [6.07, 6.45) is 0.465. The predicted molar refractivity (Wildman–Crippen MR) is 76.2 cm³/mol. The predicted octanol–water partition coefficient (Wildman–Crippen LogP) is 1.24. The molecule has 0 radical (unpaired) electrons. The number of carbonyl (C=O) groups excluding carboxylic acids is 1. The first kappa shape index (κ1) is 14.0. The van der Waals surface area contributed by atoms with Crippen LogP contribution in [0.1, 0.15) is 18.9 Å². The van der Waals surface area contributed by atoms with Crippen LogP contribution in [0.2, 0.25) is 0 Å². The highest BCUT2D eigenvalue weighted by Crippen LogP contribution is 2.22. The molecule has 1 atom stereocenters. The number of thiophene rings is 1. The Bertz CT molecular complexity index is 479. The van der Waals surface area contributed by atoms with E-state index in [1.165, 1.54) is 11.3 Å². The molecule has 6 heteroatoms. The van der Waals surface area contributed by atoms with Crippen molar-refractivity contribution in [2.24, 2.45) is 0 Å². The number of nitrogens with zero attached hydrogens (tertiary/aromatic N) is 2. The van der Waals surface area contributed by atoms with Gasteiger partial charge in [-0.05, 0) is 18.4 Å². The summed E-state index contributed by atoms with van der Waals surface area (Å²) < 4.78 is 0. The van der Waals surface area contributed by atoms with Gasteiger partial charge in [0.2, 0.25) is 5.91 Å². The molecule has 2 heterocycles. The average molecular weight is 278 g/mol. The van der Waals surface area contributed by atoms with E-state index in [0.717, 1.165) is 26.2 Å². The van der Waals surface area contributed by atoms with Gasteiger partial charge in [-0.2, -0.15) is 5.26 Å². The van der Waals surface area contributed by atoms with Gasteiger partial charge in [0.25, 0.3) is 0 Å². The Kier molecular flexibility index (Phi) is 4.91. The maximum Gasteiger partial charge on any atom is 0.226 e. The Morgan fingerprint density at radius 1 is 1.74 bits per heavy atom. The van der Waals surface area contributed by atoms with E-state index in [4.69, 9.17) is 5.26 Å². The van der Waals surface area contributed by atoms with E-state index in [1.54, 1.807) is 6.07 Å². The van der Waals surface area contributed by atoms with E-state index in [0.29, 0.717) is 23.0 Å². The number of piperazine rings is 1. The molecular formula is C13H18N4OS. The van der Waals surface area contributed by atoms with Crippen LogP contribution in [0.3, 0.4) is 0 Å². The van der Waals surface area contributed by atoms with E-state index in [-0.39, 0.29) is 5.91 Å². The lowest BCUT2D eigenvalue weighted by Crippen LogP contribution is -2.50. The third-order valence-corrected chi connectivity index (χ3v) is 4.13. The zero-order valence-corrected chi connectivity index (χ0v) is 11.8. The Morgan fingerprint density at radius 3 is 3.32 bits per heavy atom. The first-order valence-electron chi connectivity index (χ1n) is 6.43. The average Bonchev–Trinajstić information content (AvgIpc) is 2.85. The Labute approximate surface area is 117 Å². The van der Waals surface area contributed by atoms with Gasteiger partial charge in [-0.25, -0.2) is 0 Å². The molecule has 1 aliphatic heterocycles. The zero-order valence-electron chi connectivity index (χ0n) is 11.0. The van der Waals surface area contributed by atoms with Crippen LogP contribution >= 0.6 is 11.3 Å². The molecule has 1 aromatic rings. The van der Waals surface area contributed by atoms with Gasteiger partial charge >= 0.3 is 0 Å². The standard InChI is InChI=1S/C13H18N4OS/c1-10-9-15-4-6-17(10)5-2-12(18)16-13-11(8-14)3-7-19-13/h3,7,10,15H,2,4-6,9H2,1H3,(H,16,18)/t10-/m1/s1. The fourth-order valence-electron chi connectivity index (χ4n) is 2.14. The number of carbonyl (C=O) groups is 1. The van der Waals surface area contributed by atoms with Gasteiger partial charge in [-0.3, -0.25) is 9.69 Å². The second-order valence-electron chi connectivity index (χ2n) is 4.66. The Hall–Kier alpha value is -1.42. The minimum atomic E-state index is -0.0234. The minimum Gasteiger partial charge on any atom is -0.317 e. The molecule has 5 nitrogen and oxygen atoms in total. The fourth-order valence-corrected chi connectivity index (χ4v) is 2.90. The Morgan fingerprint density at radius 2 is 2.58 bits per heavy atom. The van der Waals surface area contributed by atoms with Gasteiger partial charge in [-0.1, -0.05) is 0 Å². The summed E-state index contributed by atoms with van der Waals surface area (Å²) in [5.74, 6) is -0.0234. The van der Waals surface area contributed by atoms with Crippen LogP contribution in [0.15, 0.2) is 11.4 Å². The highest BCUT2D eigenvalue weighted by molar-refractivity contribution is 7.14. The number of anilines is 1. The molecule has 1 amide bonds. The highest BCUT2D eigenvalue weighted by Gasteiger charge is 2.18. The number of rotatable bonds is 4. The molecule has 1 fully saturated rings. The van der Waals surface area contributed by atoms with Crippen molar-refractivity contribution in [3.63, 3.8) is 0 Å². The van der Waals surface area contributed by atoms with Crippen LogP contribution < -0.4 is 10.6 Å². The van der Waals surface area contributed by atoms with Crippen LogP contribution in [0, 0.1) is 11.3 Å². The number of hydrogen-bond donors (Lipinski definition) is 2. The lowest BCUT2D eigenvalue weighted by molar-refractivity contribution is -0.116. The van der Waals surface area contributed by atoms with Gasteiger partial charge < -0.3 is 10.6 Å². The van der Waals surface area contributed by atoms with Crippen molar-refractivity contribution in [3.05, 3.63) is 17.0 Å². The minimum absolute atomic E-state index is 0.0234. The second-order valence-corrected chi connectivity index (χ2v) is 5.58. The summed E-state index contributed by atoms with van der Waals surface area (Å²) in [7, 11) is 0. The maximum absolute atomic E-state index is 11.9. The number of hydrogen-bond acceptors (Lipinski definition) is 5. The fraction of sp³-hybridized carbons (Fsp3) is 0.538. The molecular weight excluding hydrogens is 260 g/mol. The van der Waals surface area contributed by atoms with Gasteiger partial charge in [0.05, 0.1) is 5.56 Å². The SMILES string of the molecule is C[C@@H]1CNCCN1CCC(=O)Nc1sccc1C#N. The molecule has 0 saturated carbocycles. The van der Waals surface area contributed by atoms with E-state index in [2.05, 4.69) is 28.5 Å². The third-order valence-electron chi connectivity index (χ3n) is 3.30. The number of nitrogens with one attached hydrogen (secondary N) is 2. The smallest absolute Gasteiger partial charge is 0.226 e. The molecule has 1 aromatic heterocycles. The van der Waals surface area contributed by atoms with Crippen molar-refractivity contribution < 1.29 is 4.79 Å². The van der Waals surface area contributed by atoms with Crippen molar-refractivity contribution in [2.75, 3.05) is 31.5 Å². The summed E-state index contributed by atoms with van der Waals surface area (Å²) >= 11 is 1.39. The largest absolute Gasteiger partial charge is 0.317 e. The van der Waals surface area contributed by atoms with Crippen molar-refractivity contribution in [3.8, 4) is 6.07 Å². The van der Waals surface area contributed by atoms with Crippen LogP contribution in [0.4, 0.5) is 5.00 Å². The van der Waals surface area contributed by atoms with Crippen LogP contribution in [-0.4, -0.2) is 43.0 Å². The maximum atomic E-state index is 11.9. The number of nitriles is 1. The highest BCUT2D eigenvalue weighted by atomic mass is 32.1. The third kappa shape index (κ3) is 3.77. The van der Waals surface area contributed by atoms with Crippen molar-refractivity contribution >= 4 is 22.2 Å². The normalized spacial score (nSPS) is 19.9. The van der Waals surface area contributed by atoms with Crippen LogP contribution in [0.5, 0.6) is 0 Å². The Balaban J connectivity index is 1.80. The topological polar surface area (TPSA) is 68.2 Å². The summed E-state index contributed by atoms with van der Waals surface area (Å²) in [5, 5.41) is 17.5. The first-order valence-corrected chi connectivity index (χ1v) is 7.31. The van der Waals surface area contributed by atoms with Crippen molar-refractivity contribution in [1.82, 2.24) is 10.2 Å².